The number of hydrogen-bond acceptors (Lipinski definition) is 5. The zero-order valence-electron chi connectivity index (χ0n) is 23.0. The molecule has 8 nitrogen and oxygen atoms in total. The first-order valence-corrected chi connectivity index (χ1v) is 14.6. The number of para-hydroxylation sites is 2. The molecular formula is C30H37N3O5S. The SMILES string of the molecule is CCNC(=O)[C@H](CC)N(Cc1ccccc1C)C(=O)CN(c1ccccc1OCC)S(=O)(=O)c1ccccc1. The molecule has 0 bridgehead atoms. The van der Waals surface area contributed by atoms with Crippen LogP contribution in [0.2, 0.25) is 0 Å². The van der Waals surface area contributed by atoms with Crippen molar-refractivity contribution in [3.8, 4) is 5.75 Å². The van der Waals surface area contributed by atoms with Crippen molar-refractivity contribution in [2.75, 3.05) is 24.0 Å². The molecule has 3 rings (SSSR count). The van der Waals surface area contributed by atoms with Crippen LogP contribution in [0, 0.1) is 6.92 Å². The Morgan fingerprint density at radius 3 is 2.18 bits per heavy atom. The Bertz CT molecular complexity index is 1360. The predicted octanol–water partition coefficient (Wildman–Crippen LogP) is 4.53. The Hall–Kier alpha value is -3.85. The van der Waals surface area contributed by atoms with Crippen molar-refractivity contribution in [2.24, 2.45) is 0 Å². The van der Waals surface area contributed by atoms with Crippen LogP contribution < -0.4 is 14.4 Å². The number of anilines is 1. The Morgan fingerprint density at radius 2 is 1.54 bits per heavy atom. The third kappa shape index (κ3) is 7.17. The molecule has 208 valence electrons. The fourth-order valence-corrected chi connectivity index (χ4v) is 5.80. The first-order chi connectivity index (χ1) is 18.7. The van der Waals surface area contributed by atoms with Gasteiger partial charge in [0.25, 0.3) is 10.0 Å². The molecule has 0 saturated heterocycles. The average molecular weight is 552 g/mol. The van der Waals surface area contributed by atoms with E-state index in [0.29, 0.717) is 25.3 Å². The van der Waals surface area contributed by atoms with Gasteiger partial charge in [-0.25, -0.2) is 8.42 Å². The monoisotopic (exact) mass is 551 g/mol. The number of carbonyl (C=O) groups excluding carboxylic acids is 2. The summed E-state index contributed by atoms with van der Waals surface area (Å²) in [4.78, 5) is 28.7. The fraction of sp³-hybridized carbons (Fsp3) is 0.333. The van der Waals surface area contributed by atoms with E-state index in [1.54, 1.807) is 49.4 Å². The van der Waals surface area contributed by atoms with Crippen LogP contribution in [0.25, 0.3) is 0 Å². The second kappa shape index (κ2) is 13.8. The lowest BCUT2D eigenvalue weighted by atomic mass is 10.1. The summed E-state index contributed by atoms with van der Waals surface area (Å²) in [5, 5.41) is 2.81. The molecule has 1 N–H and O–H groups in total. The molecule has 0 saturated carbocycles. The number of benzene rings is 3. The minimum absolute atomic E-state index is 0.0466. The van der Waals surface area contributed by atoms with Crippen LogP contribution in [0.3, 0.4) is 0 Å². The first kappa shape index (κ1) is 29.7. The molecule has 3 aromatic rings. The van der Waals surface area contributed by atoms with E-state index in [1.165, 1.54) is 17.0 Å². The minimum Gasteiger partial charge on any atom is -0.492 e. The molecule has 0 unspecified atom stereocenters. The molecule has 0 aliphatic carbocycles. The van der Waals surface area contributed by atoms with E-state index in [4.69, 9.17) is 4.74 Å². The van der Waals surface area contributed by atoms with Crippen LogP contribution >= 0.6 is 0 Å². The fourth-order valence-electron chi connectivity index (χ4n) is 4.36. The smallest absolute Gasteiger partial charge is 0.264 e. The summed E-state index contributed by atoms with van der Waals surface area (Å²) >= 11 is 0. The molecule has 0 fully saturated rings. The van der Waals surface area contributed by atoms with Crippen molar-refractivity contribution in [2.45, 2.75) is 51.6 Å². The number of nitrogens with zero attached hydrogens (tertiary/aromatic N) is 2. The molecule has 39 heavy (non-hydrogen) atoms. The van der Waals surface area contributed by atoms with E-state index < -0.39 is 28.5 Å². The van der Waals surface area contributed by atoms with Crippen molar-refractivity contribution in [3.05, 3.63) is 90.0 Å². The number of rotatable bonds is 13. The van der Waals surface area contributed by atoms with Gasteiger partial charge in [-0.05, 0) is 62.6 Å². The highest BCUT2D eigenvalue weighted by Crippen LogP contribution is 2.33. The second-order valence-corrected chi connectivity index (χ2v) is 10.9. The molecule has 9 heteroatoms. The van der Waals surface area contributed by atoms with Crippen LogP contribution in [0.5, 0.6) is 5.75 Å². The maximum Gasteiger partial charge on any atom is 0.264 e. The standard InChI is InChI=1S/C30H37N3O5S/c1-5-26(30(35)31-6-2)32(21-24-16-12-11-15-23(24)4)29(34)22-33(27-19-13-14-20-28(27)38-7-3)39(36,37)25-17-9-8-10-18-25/h8-20,26H,5-7,21-22H2,1-4H3,(H,31,35)/t26-/m0/s1. The Balaban J connectivity index is 2.11. The van der Waals surface area contributed by atoms with Gasteiger partial charge in [-0.15, -0.1) is 0 Å². The Kier molecular flexibility index (Phi) is 10.5. The van der Waals surface area contributed by atoms with Gasteiger partial charge in [0.15, 0.2) is 0 Å². The molecule has 0 aromatic heterocycles. The average Bonchev–Trinajstić information content (AvgIpc) is 2.93. The molecule has 2 amide bonds. The van der Waals surface area contributed by atoms with Gasteiger partial charge in [-0.2, -0.15) is 0 Å². The summed E-state index contributed by atoms with van der Waals surface area (Å²) in [5.74, 6) is -0.440. The normalized spacial score (nSPS) is 11.9. The quantitative estimate of drug-likeness (QED) is 0.337. The zero-order chi connectivity index (χ0) is 28.4. The summed E-state index contributed by atoms with van der Waals surface area (Å²) in [6.45, 7) is 7.78. The largest absolute Gasteiger partial charge is 0.492 e. The highest BCUT2D eigenvalue weighted by atomic mass is 32.2. The van der Waals surface area contributed by atoms with Crippen LogP contribution in [-0.4, -0.2) is 50.9 Å². The van der Waals surface area contributed by atoms with Gasteiger partial charge in [0.1, 0.15) is 18.3 Å². The summed E-state index contributed by atoms with van der Waals surface area (Å²) in [6.07, 6.45) is 0.365. The molecule has 1 atom stereocenters. The highest BCUT2D eigenvalue weighted by molar-refractivity contribution is 7.92. The molecule has 3 aromatic carbocycles. The lowest BCUT2D eigenvalue weighted by Crippen LogP contribution is -2.52. The molecule has 0 radical (unpaired) electrons. The maximum absolute atomic E-state index is 14.1. The molecule has 0 spiro atoms. The lowest BCUT2D eigenvalue weighted by molar-refractivity contribution is -0.140. The van der Waals surface area contributed by atoms with Gasteiger partial charge in [0.2, 0.25) is 11.8 Å². The van der Waals surface area contributed by atoms with Crippen LogP contribution in [-0.2, 0) is 26.2 Å². The summed E-state index contributed by atoms with van der Waals surface area (Å²) in [5.41, 5.74) is 2.09. The van der Waals surface area contributed by atoms with Crippen LogP contribution in [0.1, 0.15) is 38.3 Å². The van der Waals surface area contributed by atoms with Gasteiger partial charge in [-0.3, -0.25) is 13.9 Å². The Morgan fingerprint density at radius 1 is 0.897 bits per heavy atom. The highest BCUT2D eigenvalue weighted by Gasteiger charge is 2.34. The van der Waals surface area contributed by atoms with E-state index in [-0.39, 0.29) is 23.0 Å². The van der Waals surface area contributed by atoms with E-state index in [2.05, 4.69) is 5.32 Å². The van der Waals surface area contributed by atoms with Crippen LogP contribution in [0.4, 0.5) is 5.69 Å². The first-order valence-electron chi connectivity index (χ1n) is 13.2. The van der Waals surface area contributed by atoms with Gasteiger partial charge >= 0.3 is 0 Å². The number of carbonyl (C=O) groups is 2. The summed E-state index contributed by atoms with van der Waals surface area (Å²) < 4.78 is 34.7. The van der Waals surface area contributed by atoms with Crippen molar-refractivity contribution >= 4 is 27.5 Å². The predicted molar refractivity (Wildman–Crippen MR) is 153 cm³/mol. The lowest BCUT2D eigenvalue weighted by Gasteiger charge is -2.33. The van der Waals surface area contributed by atoms with Crippen LogP contribution in [0.15, 0.2) is 83.8 Å². The topological polar surface area (TPSA) is 96.0 Å². The molecule has 0 heterocycles. The molecule has 0 aliphatic heterocycles. The van der Waals surface area contributed by atoms with E-state index >= 15 is 0 Å². The number of hydrogen-bond donors (Lipinski definition) is 1. The van der Waals surface area contributed by atoms with E-state index in [1.807, 2.05) is 45.0 Å². The minimum atomic E-state index is -4.16. The molecule has 0 aliphatic rings. The van der Waals surface area contributed by atoms with Gasteiger partial charge < -0.3 is 15.0 Å². The van der Waals surface area contributed by atoms with Gasteiger partial charge in [0, 0.05) is 13.1 Å². The van der Waals surface area contributed by atoms with Gasteiger partial charge in [-0.1, -0.05) is 61.5 Å². The summed E-state index contributed by atoms with van der Waals surface area (Å²) in [6, 6.07) is 21.6. The van der Waals surface area contributed by atoms with E-state index in [9.17, 15) is 18.0 Å². The number of ether oxygens (including phenoxy) is 1. The number of amides is 2. The van der Waals surface area contributed by atoms with Gasteiger partial charge in [0.05, 0.1) is 17.2 Å². The number of aryl methyl sites for hydroxylation is 1. The maximum atomic E-state index is 14.1. The van der Waals surface area contributed by atoms with E-state index in [0.717, 1.165) is 15.4 Å². The number of nitrogens with one attached hydrogen (secondary N) is 1. The Labute approximate surface area is 231 Å². The molecular weight excluding hydrogens is 514 g/mol. The number of likely N-dealkylation sites (N-methyl/N-ethyl adjacent to an activating group) is 1. The second-order valence-electron chi connectivity index (χ2n) is 8.99. The number of sulfonamides is 1. The van der Waals surface area contributed by atoms with Crippen molar-refractivity contribution in [1.29, 1.82) is 0 Å². The van der Waals surface area contributed by atoms with Crippen molar-refractivity contribution < 1.29 is 22.7 Å². The third-order valence-corrected chi connectivity index (χ3v) is 8.16. The van der Waals surface area contributed by atoms with Crippen molar-refractivity contribution in [1.82, 2.24) is 10.2 Å². The zero-order valence-corrected chi connectivity index (χ0v) is 23.8. The summed E-state index contributed by atoms with van der Waals surface area (Å²) in [7, 11) is -4.16. The van der Waals surface area contributed by atoms with Crippen molar-refractivity contribution in [3.63, 3.8) is 0 Å². The third-order valence-electron chi connectivity index (χ3n) is 6.38.